The van der Waals surface area contributed by atoms with Crippen LogP contribution in [-0.4, -0.2) is 15.7 Å². The second-order valence-electron chi connectivity index (χ2n) is 8.12. The third-order valence-electron chi connectivity index (χ3n) is 6.05. The third kappa shape index (κ3) is 4.09. The second-order valence-corrected chi connectivity index (χ2v) is 8.54. The average Bonchev–Trinajstić information content (AvgIpc) is 3.35. The number of carbonyl (C=O) groups excluding carboxylic acids is 1. The van der Waals surface area contributed by atoms with Gasteiger partial charge in [0.1, 0.15) is 17.8 Å². The second kappa shape index (κ2) is 9.53. The molecule has 1 aromatic heterocycles. The summed E-state index contributed by atoms with van der Waals surface area (Å²) in [7, 11) is 0. The van der Waals surface area contributed by atoms with Gasteiger partial charge in [-0.05, 0) is 30.2 Å². The highest BCUT2D eigenvalue weighted by molar-refractivity contribution is 7.84. The van der Waals surface area contributed by atoms with Crippen LogP contribution in [0.4, 0.5) is 5.69 Å². The Balaban J connectivity index is 1.75. The van der Waals surface area contributed by atoms with Gasteiger partial charge < -0.3 is 10.2 Å². The number of carbonyl (C=O) groups is 1. The van der Waals surface area contributed by atoms with Gasteiger partial charge in [-0.2, -0.15) is 10.4 Å². The number of para-hydroxylation sites is 2. The van der Waals surface area contributed by atoms with Crippen molar-refractivity contribution in [2.75, 3.05) is 4.90 Å². The molecule has 1 atom stereocenters. The smallest absolute Gasteiger partial charge is 0.266 e. The van der Waals surface area contributed by atoms with Crippen LogP contribution in [0.5, 0.6) is 0 Å². The minimum atomic E-state index is -0.618. The summed E-state index contributed by atoms with van der Waals surface area (Å²) in [6, 6.07) is 29.7. The molecule has 0 aliphatic carbocycles. The van der Waals surface area contributed by atoms with Crippen LogP contribution in [0.3, 0.4) is 0 Å². The fourth-order valence-electron chi connectivity index (χ4n) is 4.34. The van der Waals surface area contributed by atoms with Crippen LogP contribution >= 0.6 is 12.6 Å². The number of thiol groups is 1. The Labute approximate surface area is 209 Å². The van der Waals surface area contributed by atoms with E-state index in [9.17, 15) is 10.1 Å². The van der Waals surface area contributed by atoms with Gasteiger partial charge in [-0.1, -0.05) is 73.7 Å². The molecule has 0 spiro atoms. The molecule has 6 nitrogen and oxygen atoms in total. The summed E-state index contributed by atoms with van der Waals surface area (Å²) in [4.78, 5) is 14.9. The van der Waals surface area contributed by atoms with Crippen LogP contribution in [0.2, 0.25) is 0 Å². The standard InChI is InChI=1S/C28H23N5OS/c1-2-19-11-9-10-16-24(19)33-26(30-27(34)22(17-29)28(33)35)23-18-32(21-14-7-4-8-15-21)31-25(23)20-12-5-3-6-13-20/h3-16,18,26,35H,2H2,1H3,(H,30,34). The topological polar surface area (TPSA) is 74.0 Å². The monoisotopic (exact) mass is 477 g/mol. The predicted molar refractivity (Wildman–Crippen MR) is 140 cm³/mol. The number of hydrogen-bond acceptors (Lipinski definition) is 5. The van der Waals surface area contributed by atoms with E-state index in [0.29, 0.717) is 5.03 Å². The van der Waals surface area contributed by atoms with Gasteiger partial charge in [-0.3, -0.25) is 4.79 Å². The molecule has 0 saturated carbocycles. The number of rotatable bonds is 5. The molecule has 5 rings (SSSR count). The van der Waals surface area contributed by atoms with E-state index in [1.165, 1.54) is 0 Å². The van der Waals surface area contributed by atoms with Crippen molar-refractivity contribution < 1.29 is 4.79 Å². The highest BCUT2D eigenvalue weighted by atomic mass is 32.1. The van der Waals surface area contributed by atoms with Crippen LogP contribution < -0.4 is 10.2 Å². The van der Waals surface area contributed by atoms with E-state index in [0.717, 1.165) is 40.2 Å². The fourth-order valence-corrected chi connectivity index (χ4v) is 4.72. The van der Waals surface area contributed by atoms with E-state index in [-0.39, 0.29) is 5.57 Å². The Kier molecular flexibility index (Phi) is 6.13. The molecule has 1 aliphatic rings. The molecule has 0 fully saturated rings. The van der Waals surface area contributed by atoms with Crippen LogP contribution in [0, 0.1) is 11.3 Å². The highest BCUT2D eigenvalue weighted by Crippen LogP contribution is 2.40. The lowest BCUT2D eigenvalue weighted by Crippen LogP contribution is -2.46. The van der Waals surface area contributed by atoms with Crippen molar-refractivity contribution in [2.45, 2.75) is 19.5 Å². The SMILES string of the molecule is CCc1ccccc1N1C(S)=C(C#N)C(=O)NC1c1cn(-c2ccccc2)nc1-c1ccccc1. The van der Waals surface area contributed by atoms with Crippen LogP contribution in [-0.2, 0) is 11.2 Å². The van der Waals surface area contributed by atoms with E-state index in [1.54, 1.807) is 0 Å². The molecule has 4 aromatic rings. The molecule has 0 bridgehead atoms. The lowest BCUT2D eigenvalue weighted by atomic mass is 10.0. The molecule has 1 unspecified atom stereocenters. The Morgan fingerprint density at radius 1 is 1.00 bits per heavy atom. The molecule has 1 amide bonds. The highest BCUT2D eigenvalue weighted by Gasteiger charge is 2.37. The number of nitrogens with one attached hydrogen (secondary N) is 1. The zero-order chi connectivity index (χ0) is 24.4. The molecular formula is C28H23N5OS. The Bertz CT molecular complexity index is 1450. The molecule has 35 heavy (non-hydrogen) atoms. The summed E-state index contributed by atoms with van der Waals surface area (Å²) >= 11 is 4.69. The van der Waals surface area contributed by atoms with E-state index in [2.05, 4.69) is 12.2 Å². The fraction of sp³-hybridized carbons (Fsp3) is 0.107. The van der Waals surface area contributed by atoms with Gasteiger partial charge in [0.05, 0.1) is 16.4 Å². The number of aromatic nitrogens is 2. The van der Waals surface area contributed by atoms with Gasteiger partial charge in [0.25, 0.3) is 5.91 Å². The summed E-state index contributed by atoms with van der Waals surface area (Å²) in [6.07, 6.45) is 2.10. The molecule has 1 N–H and O–H groups in total. The average molecular weight is 478 g/mol. The molecular weight excluding hydrogens is 454 g/mol. The van der Waals surface area contributed by atoms with Crippen molar-refractivity contribution in [2.24, 2.45) is 0 Å². The van der Waals surface area contributed by atoms with Crippen molar-refractivity contribution in [3.63, 3.8) is 0 Å². The number of benzene rings is 3. The van der Waals surface area contributed by atoms with Gasteiger partial charge in [0.2, 0.25) is 0 Å². The van der Waals surface area contributed by atoms with Crippen molar-refractivity contribution >= 4 is 24.2 Å². The Morgan fingerprint density at radius 3 is 2.34 bits per heavy atom. The molecule has 0 saturated heterocycles. The summed E-state index contributed by atoms with van der Waals surface area (Å²) in [5, 5.41) is 18.0. The van der Waals surface area contributed by atoms with Gasteiger partial charge in [-0.25, -0.2) is 4.68 Å². The molecule has 1 aliphatic heterocycles. The molecule has 172 valence electrons. The minimum absolute atomic E-state index is 0.0211. The molecule has 7 heteroatoms. The van der Waals surface area contributed by atoms with Gasteiger partial charge >= 0.3 is 0 Å². The van der Waals surface area contributed by atoms with E-state index >= 15 is 0 Å². The number of nitriles is 1. The number of anilines is 1. The minimum Gasteiger partial charge on any atom is -0.327 e. The van der Waals surface area contributed by atoms with E-state index < -0.39 is 12.1 Å². The summed E-state index contributed by atoms with van der Waals surface area (Å²) in [5.41, 5.74) is 5.29. The number of hydrogen-bond donors (Lipinski definition) is 2. The van der Waals surface area contributed by atoms with Crippen LogP contribution in [0.25, 0.3) is 16.9 Å². The quantitative estimate of drug-likeness (QED) is 0.378. The zero-order valence-corrected chi connectivity index (χ0v) is 20.0. The number of amides is 1. The maximum absolute atomic E-state index is 13.0. The third-order valence-corrected chi connectivity index (χ3v) is 6.49. The van der Waals surface area contributed by atoms with Crippen molar-refractivity contribution in [3.05, 3.63) is 113 Å². The first-order valence-corrected chi connectivity index (χ1v) is 11.8. The van der Waals surface area contributed by atoms with Crippen molar-refractivity contribution in [3.8, 4) is 23.0 Å². The first kappa shape index (κ1) is 22.5. The number of nitrogens with zero attached hydrogens (tertiary/aromatic N) is 4. The van der Waals surface area contributed by atoms with E-state index in [1.807, 2.05) is 107 Å². The zero-order valence-electron chi connectivity index (χ0n) is 19.1. The Hall–Kier alpha value is -4.28. The maximum atomic E-state index is 13.0. The first-order valence-electron chi connectivity index (χ1n) is 11.3. The summed E-state index contributed by atoms with van der Waals surface area (Å²) in [6.45, 7) is 2.08. The summed E-state index contributed by atoms with van der Waals surface area (Å²) < 4.78 is 1.81. The normalized spacial score (nSPS) is 15.6. The predicted octanol–water partition coefficient (Wildman–Crippen LogP) is 5.40. The first-order chi connectivity index (χ1) is 17.1. The van der Waals surface area contributed by atoms with Crippen LogP contribution in [0.1, 0.15) is 24.2 Å². The van der Waals surface area contributed by atoms with Gasteiger partial charge in [0, 0.05) is 23.0 Å². The molecule has 3 aromatic carbocycles. The lowest BCUT2D eigenvalue weighted by molar-refractivity contribution is -0.118. The van der Waals surface area contributed by atoms with Crippen LogP contribution in [0.15, 0.2) is 102 Å². The number of aryl methyl sites for hydroxylation is 1. The summed E-state index contributed by atoms with van der Waals surface area (Å²) in [5.74, 6) is -0.459. The van der Waals surface area contributed by atoms with Crippen molar-refractivity contribution in [1.82, 2.24) is 15.1 Å². The molecule has 0 radical (unpaired) electrons. The maximum Gasteiger partial charge on any atom is 0.266 e. The lowest BCUT2D eigenvalue weighted by Gasteiger charge is -2.38. The molecule has 2 heterocycles. The van der Waals surface area contributed by atoms with Crippen molar-refractivity contribution in [1.29, 1.82) is 5.26 Å². The Morgan fingerprint density at radius 2 is 1.66 bits per heavy atom. The van der Waals surface area contributed by atoms with E-state index in [4.69, 9.17) is 17.7 Å². The largest absolute Gasteiger partial charge is 0.327 e. The van der Waals surface area contributed by atoms with Gasteiger partial charge in [0.15, 0.2) is 0 Å². The van der Waals surface area contributed by atoms with Gasteiger partial charge in [-0.15, -0.1) is 12.6 Å².